The topological polar surface area (TPSA) is 89.9 Å². The summed E-state index contributed by atoms with van der Waals surface area (Å²) < 4.78 is 39.1. The van der Waals surface area contributed by atoms with E-state index < -0.39 is 21.7 Å². The van der Waals surface area contributed by atoms with Crippen LogP contribution in [-0.2, 0) is 19.6 Å². The summed E-state index contributed by atoms with van der Waals surface area (Å²) in [7, 11) is -4.38. The predicted molar refractivity (Wildman–Crippen MR) is 92.4 cm³/mol. The second kappa shape index (κ2) is 15.7. The number of carbonyl (C=O) groups excluding carboxylic acids is 1. The molecule has 0 aliphatic heterocycles. The summed E-state index contributed by atoms with van der Waals surface area (Å²) in [5, 5.41) is 0. The summed E-state index contributed by atoms with van der Waals surface area (Å²) >= 11 is 0. The molecular formula is C15H31NaO6S. The SMILES string of the molecule is CCCCCCCCCCCCOC(=O)OC(C)S(=O)(=O)O.[NaH]. The van der Waals surface area contributed by atoms with Crippen molar-refractivity contribution >= 4 is 45.8 Å². The van der Waals surface area contributed by atoms with E-state index >= 15 is 0 Å². The molecule has 1 unspecified atom stereocenters. The Kier molecular flexibility index (Phi) is 17.3. The first-order valence-corrected chi connectivity index (χ1v) is 9.68. The fraction of sp³-hybridized carbons (Fsp3) is 0.933. The van der Waals surface area contributed by atoms with E-state index in [4.69, 9.17) is 9.29 Å². The summed E-state index contributed by atoms with van der Waals surface area (Å²) in [6.07, 6.45) is 10.7. The van der Waals surface area contributed by atoms with Gasteiger partial charge < -0.3 is 9.47 Å². The van der Waals surface area contributed by atoms with Crippen molar-refractivity contribution in [3.63, 3.8) is 0 Å². The van der Waals surface area contributed by atoms with Gasteiger partial charge >= 0.3 is 45.8 Å². The van der Waals surface area contributed by atoms with E-state index in [-0.39, 0.29) is 36.2 Å². The molecule has 0 saturated heterocycles. The zero-order valence-corrected chi connectivity index (χ0v) is 14.6. The van der Waals surface area contributed by atoms with Gasteiger partial charge in [-0.05, 0) is 13.3 Å². The van der Waals surface area contributed by atoms with Crippen LogP contribution >= 0.6 is 0 Å². The summed E-state index contributed by atoms with van der Waals surface area (Å²) in [4.78, 5) is 11.1. The van der Waals surface area contributed by atoms with Crippen molar-refractivity contribution in [2.45, 2.75) is 83.5 Å². The van der Waals surface area contributed by atoms with Crippen molar-refractivity contribution in [3.05, 3.63) is 0 Å². The second-order valence-electron chi connectivity index (χ2n) is 5.48. The average molecular weight is 362 g/mol. The monoisotopic (exact) mass is 362 g/mol. The third-order valence-electron chi connectivity index (χ3n) is 3.40. The van der Waals surface area contributed by atoms with E-state index in [1.807, 2.05) is 0 Å². The van der Waals surface area contributed by atoms with E-state index in [1.165, 1.54) is 44.9 Å². The van der Waals surface area contributed by atoms with Gasteiger partial charge in [0.05, 0.1) is 6.61 Å². The van der Waals surface area contributed by atoms with Gasteiger partial charge in [0.15, 0.2) is 0 Å². The molecule has 134 valence electrons. The Morgan fingerprint density at radius 3 is 1.83 bits per heavy atom. The first-order chi connectivity index (χ1) is 10.4. The first-order valence-electron chi connectivity index (χ1n) is 8.17. The van der Waals surface area contributed by atoms with Crippen LogP contribution in [0, 0.1) is 0 Å². The molecule has 0 aromatic rings. The molecule has 0 aromatic carbocycles. The summed E-state index contributed by atoms with van der Waals surface area (Å²) in [6.45, 7) is 3.48. The van der Waals surface area contributed by atoms with Gasteiger partial charge in [-0.15, -0.1) is 0 Å². The Balaban J connectivity index is 0. The predicted octanol–water partition coefficient (Wildman–Crippen LogP) is 3.65. The van der Waals surface area contributed by atoms with Crippen LogP contribution in [0.2, 0.25) is 0 Å². The van der Waals surface area contributed by atoms with E-state index in [0.29, 0.717) is 0 Å². The maximum absolute atomic E-state index is 11.1. The molecule has 6 nitrogen and oxygen atoms in total. The van der Waals surface area contributed by atoms with Crippen molar-refractivity contribution in [2.75, 3.05) is 6.61 Å². The molecule has 1 N–H and O–H groups in total. The van der Waals surface area contributed by atoms with Gasteiger partial charge in [-0.25, -0.2) is 4.79 Å². The number of hydrogen-bond acceptors (Lipinski definition) is 5. The molecule has 0 radical (unpaired) electrons. The fourth-order valence-electron chi connectivity index (χ4n) is 1.98. The van der Waals surface area contributed by atoms with Gasteiger partial charge in [0.2, 0.25) is 5.44 Å². The van der Waals surface area contributed by atoms with Crippen LogP contribution in [0.15, 0.2) is 0 Å². The fourth-order valence-corrected chi connectivity index (χ4v) is 2.18. The molecule has 0 bridgehead atoms. The van der Waals surface area contributed by atoms with E-state index in [0.717, 1.165) is 26.2 Å². The molecule has 1 atom stereocenters. The zero-order chi connectivity index (χ0) is 16.8. The summed E-state index contributed by atoms with van der Waals surface area (Å²) in [6, 6.07) is 0. The van der Waals surface area contributed by atoms with Crippen molar-refractivity contribution in [2.24, 2.45) is 0 Å². The van der Waals surface area contributed by atoms with E-state index in [1.54, 1.807) is 0 Å². The third kappa shape index (κ3) is 16.8. The molecular weight excluding hydrogens is 331 g/mol. The van der Waals surface area contributed by atoms with Gasteiger partial charge in [0.1, 0.15) is 0 Å². The summed E-state index contributed by atoms with van der Waals surface area (Å²) in [5.74, 6) is 0. The van der Waals surface area contributed by atoms with Crippen LogP contribution in [0.1, 0.15) is 78.1 Å². The van der Waals surface area contributed by atoms with Crippen molar-refractivity contribution < 1.29 is 27.2 Å². The van der Waals surface area contributed by atoms with Crippen LogP contribution in [-0.4, -0.2) is 60.7 Å². The van der Waals surface area contributed by atoms with E-state index in [9.17, 15) is 13.2 Å². The van der Waals surface area contributed by atoms with Crippen molar-refractivity contribution in [1.29, 1.82) is 0 Å². The second-order valence-corrected chi connectivity index (χ2v) is 7.17. The normalized spacial score (nSPS) is 12.3. The zero-order valence-electron chi connectivity index (χ0n) is 13.8. The number of hydrogen-bond donors (Lipinski definition) is 1. The molecule has 0 saturated carbocycles. The minimum atomic E-state index is -4.38. The molecule has 23 heavy (non-hydrogen) atoms. The third-order valence-corrected chi connectivity index (χ3v) is 4.33. The van der Waals surface area contributed by atoms with Gasteiger partial charge in [0, 0.05) is 0 Å². The van der Waals surface area contributed by atoms with Crippen LogP contribution in [0.3, 0.4) is 0 Å². The first kappa shape index (κ1) is 25.4. The Bertz CT molecular complexity index is 385. The molecule has 0 aromatic heterocycles. The van der Waals surface area contributed by atoms with Gasteiger partial charge in [-0.1, -0.05) is 64.7 Å². The van der Waals surface area contributed by atoms with Gasteiger partial charge in [-0.2, -0.15) is 8.42 Å². The summed E-state index contributed by atoms with van der Waals surface area (Å²) in [5.41, 5.74) is -1.60. The Morgan fingerprint density at radius 1 is 0.957 bits per heavy atom. The molecule has 0 fully saturated rings. The minimum absolute atomic E-state index is 0. The Labute approximate surface area is 162 Å². The van der Waals surface area contributed by atoms with Crippen LogP contribution in [0.4, 0.5) is 4.79 Å². The Morgan fingerprint density at radius 2 is 1.39 bits per heavy atom. The van der Waals surface area contributed by atoms with Crippen molar-refractivity contribution in [3.8, 4) is 0 Å². The number of rotatable bonds is 13. The maximum atomic E-state index is 11.1. The molecule has 0 aliphatic rings. The molecule has 0 aliphatic carbocycles. The molecule has 0 heterocycles. The van der Waals surface area contributed by atoms with Gasteiger partial charge in [0.25, 0.3) is 0 Å². The quantitative estimate of drug-likeness (QED) is 0.233. The molecule has 0 spiro atoms. The number of ether oxygens (including phenoxy) is 2. The van der Waals surface area contributed by atoms with Crippen LogP contribution in [0.25, 0.3) is 0 Å². The Hall–Kier alpha value is 0.180. The van der Waals surface area contributed by atoms with E-state index in [2.05, 4.69) is 11.7 Å². The van der Waals surface area contributed by atoms with Crippen LogP contribution < -0.4 is 0 Å². The van der Waals surface area contributed by atoms with Crippen molar-refractivity contribution in [1.82, 2.24) is 0 Å². The number of unbranched alkanes of at least 4 members (excludes halogenated alkanes) is 9. The average Bonchev–Trinajstić information content (AvgIpc) is 2.43. The van der Waals surface area contributed by atoms with Crippen LogP contribution in [0.5, 0.6) is 0 Å². The molecule has 0 amide bonds. The molecule has 0 rings (SSSR count). The van der Waals surface area contributed by atoms with Gasteiger partial charge in [-0.3, -0.25) is 4.55 Å². The number of carbonyl (C=O) groups is 1. The molecule has 8 heteroatoms. The standard InChI is InChI=1S/C15H30O6S.Na.H/c1-3-4-5-6-7-8-9-10-11-12-13-20-15(16)21-14(2)22(17,18)19;;/h14H,3-13H2,1-2H3,(H,17,18,19);;.